The summed E-state index contributed by atoms with van der Waals surface area (Å²) in [4.78, 5) is 23.8. The first-order valence-corrected chi connectivity index (χ1v) is 5.23. The molecule has 1 N–H and O–H groups in total. The molecule has 0 radical (unpaired) electrons. The van der Waals surface area contributed by atoms with E-state index in [0.717, 1.165) is 5.76 Å². The number of nitrogens with one attached hydrogen (secondary N) is 1. The quantitative estimate of drug-likeness (QED) is 0.801. The van der Waals surface area contributed by atoms with E-state index in [9.17, 15) is 9.59 Å². The summed E-state index contributed by atoms with van der Waals surface area (Å²) < 4.78 is 5.27. The maximum Gasteiger partial charge on any atom is 0.248 e. The van der Waals surface area contributed by atoms with Gasteiger partial charge >= 0.3 is 0 Å². The molecule has 2 amide bonds. The standard InChI is InChI=1S/C10H13ClN2O3/c1-7-3-4-10(16-7)13(2)9(15)6-12-8(14)5-11/h3-4H,5-6H2,1-2H3,(H,12,14). The molecule has 1 heterocycles. The molecule has 6 heteroatoms. The molecule has 16 heavy (non-hydrogen) atoms. The van der Waals surface area contributed by atoms with Crippen LogP contribution in [0.5, 0.6) is 0 Å². The van der Waals surface area contributed by atoms with Gasteiger partial charge in [-0.3, -0.25) is 14.5 Å². The third kappa shape index (κ3) is 3.27. The first-order chi connectivity index (χ1) is 7.54. The topological polar surface area (TPSA) is 62.6 Å². The number of carbonyl (C=O) groups is 2. The number of aryl methyl sites for hydroxylation is 1. The third-order valence-electron chi connectivity index (χ3n) is 1.99. The number of alkyl halides is 1. The molecule has 0 saturated carbocycles. The van der Waals surface area contributed by atoms with Crippen LogP contribution in [-0.4, -0.2) is 31.3 Å². The molecule has 0 aliphatic carbocycles. The molecular weight excluding hydrogens is 232 g/mol. The second-order valence-electron chi connectivity index (χ2n) is 3.25. The Morgan fingerprint density at radius 2 is 2.19 bits per heavy atom. The number of furan rings is 1. The normalized spacial score (nSPS) is 9.94. The Morgan fingerprint density at radius 1 is 1.50 bits per heavy atom. The van der Waals surface area contributed by atoms with Gasteiger partial charge in [0.05, 0.1) is 6.54 Å². The van der Waals surface area contributed by atoms with Gasteiger partial charge in [0.15, 0.2) is 0 Å². The molecule has 0 saturated heterocycles. The maximum atomic E-state index is 11.6. The van der Waals surface area contributed by atoms with E-state index in [2.05, 4.69) is 5.32 Å². The largest absolute Gasteiger partial charge is 0.445 e. The predicted octanol–water partition coefficient (Wildman–Crippen LogP) is 0.906. The first kappa shape index (κ1) is 12.6. The van der Waals surface area contributed by atoms with Gasteiger partial charge in [0.1, 0.15) is 11.6 Å². The number of rotatable bonds is 4. The van der Waals surface area contributed by atoms with E-state index in [1.54, 1.807) is 26.1 Å². The van der Waals surface area contributed by atoms with Gasteiger partial charge in [0, 0.05) is 13.1 Å². The maximum absolute atomic E-state index is 11.6. The lowest BCUT2D eigenvalue weighted by molar-refractivity contribution is -0.123. The number of anilines is 1. The zero-order chi connectivity index (χ0) is 12.1. The van der Waals surface area contributed by atoms with Gasteiger partial charge < -0.3 is 9.73 Å². The Morgan fingerprint density at radius 3 is 2.69 bits per heavy atom. The van der Waals surface area contributed by atoms with Crippen molar-refractivity contribution in [2.45, 2.75) is 6.92 Å². The lowest BCUT2D eigenvalue weighted by atomic mass is 10.4. The molecule has 1 aromatic rings. The second kappa shape index (κ2) is 5.55. The van der Waals surface area contributed by atoms with Crippen LogP contribution in [0.2, 0.25) is 0 Å². The number of carbonyl (C=O) groups excluding carboxylic acids is 2. The first-order valence-electron chi connectivity index (χ1n) is 4.70. The van der Waals surface area contributed by atoms with Crippen LogP contribution < -0.4 is 10.2 Å². The summed E-state index contributed by atoms with van der Waals surface area (Å²) >= 11 is 5.28. The number of hydrogen-bond acceptors (Lipinski definition) is 3. The minimum atomic E-state index is -0.376. The number of likely N-dealkylation sites (N-methyl/N-ethyl adjacent to an activating group) is 1. The summed E-state index contributed by atoms with van der Waals surface area (Å²) in [6, 6.07) is 3.45. The van der Waals surface area contributed by atoms with Crippen LogP contribution in [0, 0.1) is 6.92 Å². The molecule has 0 aliphatic rings. The van der Waals surface area contributed by atoms with Crippen molar-refractivity contribution >= 4 is 29.3 Å². The van der Waals surface area contributed by atoms with E-state index in [-0.39, 0.29) is 24.2 Å². The van der Waals surface area contributed by atoms with Crippen LogP contribution in [0.3, 0.4) is 0 Å². The molecule has 1 rings (SSSR count). The molecular formula is C10H13ClN2O3. The monoisotopic (exact) mass is 244 g/mol. The Hall–Kier alpha value is -1.49. The second-order valence-corrected chi connectivity index (χ2v) is 3.51. The highest BCUT2D eigenvalue weighted by molar-refractivity contribution is 6.27. The smallest absolute Gasteiger partial charge is 0.248 e. The molecule has 0 aromatic carbocycles. The van der Waals surface area contributed by atoms with E-state index in [1.165, 1.54) is 4.90 Å². The van der Waals surface area contributed by atoms with Gasteiger partial charge in [-0.05, 0) is 13.0 Å². The van der Waals surface area contributed by atoms with Crippen molar-refractivity contribution in [3.05, 3.63) is 17.9 Å². The average Bonchev–Trinajstić information content (AvgIpc) is 2.71. The summed E-state index contributed by atoms with van der Waals surface area (Å²) in [6.07, 6.45) is 0. The lowest BCUT2D eigenvalue weighted by Gasteiger charge is -2.13. The van der Waals surface area contributed by atoms with Crippen LogP contribution in [0.25, 0.3) is 0 Å². The Kier molecular flexibility index (Phi) is 4.37. The van der Waals surface area contributed by atoms with Gasteiger partial charge in [-0.25, -0.2) is 0 Å². The van der Waals surface area contributed by atoms with E-state index in [1.807, 2.05) is 0 Å². The van der Waals surface area contributed by atoms with Gasteiger partial charge in [-0.15, -0.1) is 11.6 Å². The molecule has 0 bridgehead atoms. The fourth-order valence-corrected chi connectivity index (χ4v) is 1.16. The summed E-state index contributed by atoms with van der Waals surface area (Å²) in [5.74, 6) is 0.366. The molecule has 0 spiro atoms. The Bertz CT molecular complexity index is 389. The molecule has 0 unspecified atom stereocenters. The summed E-state index contributed by atoms with van der Waals surface area (Å²) in [5.41, 5.74) is 0. The number of nitrogens with zero attached hydrogens (tertiary/aromatic N) is 1. The van der Waals surface area contributed by atoms with Crippen LogP contribution >= 0.6 is 11.6 Å². The number of halogens is 1. The van der Waals surface area contributed by atoms with Crippen molar-refractivity contribution in [3.8, 4) is 0 Å². The summed E-state index contributed by atoms with van der Waals surface area (Å²) in [6.45, 7) is 1.69. The van der Waals surface area contributed by atoms with Crippen molar-refractivity contribution < 1.29 is 14.0 Å². The van der Waals surface area contributed by atoms with Crippen LogP contribution in [-0.2, 0) is 9.59 Å². The molecule has 0 fully saturated rings. The van der Waals surface area contributed by atoms with Gasteiger partial charge in [0.25, 0.3) is 0 Å². The van der Waals surface area contributed by atoms with Crippen LogP contribution in [0.15, 0.2) is 16.5 Å². The van der Waals surface area contributed by atoms with E-state index >= 15 is 0 Å². The fourth-order valence-electron chi connectivity index (χ4n) is 1.06. The SMILES string of the molecule is Cc1ccc(N(C)C(=O)CNC(=O)CCl)o1. The van der Waals surface area contributed by atoms with Crippen LogP contribution in [0.4, 0.5) is 5.88 Å². The Labute approximate surface area is 98.4 Å². The zero-order valence-corrected chi connectivity index (χ0v) is 9.87. The molecule has 5 nitrogen and oxygen atoms in total. The highest BCUT2D eigenvalue weighted by Crippen LogP contribution is 2.16. The minimum Gasteiger partial charge on any atom is -0.445 e. The number of amides is 2. The van der Waals surface area contributed by atoms with E-state index < -0.39 is 0 Å². The van der Waals surface area contributed by atoms with Crippen molar-refractivity contribution in [1.82, 2.24) is 5.32 Å². The van der Waals surface area contributed by atoms with Crippen LogP contribution in [0.1, 0.15) is 5.76 Å². The molecule has 0 atom stereocenters. The van der Waals surface area contributed by atoms with E-state index in [4.69, 9.17) is 16.0 Å². The minimum absolute atomic E-state index is 0.0954. The van der Waals surface area contributed by atoms with Gasteiger partial charge in [-0.2, -0.15) is 0 Å². The summed E-state index contributed by atoms with van der Waals surface area (Å²) in [5, 5.41) is 2.39. The average molecular weight is 245 g/mol. The molecule has 1 aromatic heterocycles. The zero-order valence-electron chi connectivity index (χ0n) is 9.12. The van der Waals surface area contributed by atoms with Crippen molar-refractivity contribution in [1.29, 1.82) is 0 Å². The van der Waals surface area contributed by atoms with Crippen molar-refractivity contribution in [2.75, 3.05) is 24.4 Å². The van der Waals surface area contributed by atoms with Crippen molar-refractivity contribution in [3.63, 3.8) is 0 Å². The van der Waals surface area contributed by atoms with Gasteiger partial charge in [0.2, 0.25) is 17.7 Å². The molecule has 0 aliphatic heterocycles. The van der Waals surface area contributed by atoms with Gasteiger partial charge in [-0.1, -0.05) is 0 Å². The lowest BCUT2D eigenvalue weighted by Crippen LogP contribution is -2.38. The Balaban J connectivity index is 2.51. The highest BCUT2D eigenvalue weighted by Gasteiger charge is 2.14. The predicted molar refractivity (Wildman–Crippen MR) is 60.6 cm³/mol. The van der Waals surface area contributed by atoms with Crippen molar-refractivity contribution in [2.24, 2.45) is 0 Å². The fraction of sp³-hybridized carbons (Fsp3) is 0.400. The molecule has 88 valence electrons. The summed E-state index contributed by atoms with van der Waals surface area (Å²) in [7, 11) is 1.58. The van der Waals surface area contributed by atoms with E-state index in [0.29, 0.717) is 5.88 Å². The highest BCUT2D eigenvalue weighted by atomic mass is 35.5. The number of hydrogen-bond donors (Lipinski definition) is 1. The third-order valence-corrected chi connectivity index (χ3v) is 2.23.